The second-order valence-corrected chi connectivity index (χ2v) is 7.28. The van der Waals surface area contributed by atoms with Crippen molar-refractivity contribution in [1.82, 2.24) is 9.55 Å². The van der Waals surface area contributed by atoms with Gasteiger partial charge >= 0.3 is 0 Å². The Labute approximate surface area is 166 Å². The fraction of sp³-hybridized carbons (Fsp3) is 0.304. The van der Waals surface area contributed by atoms with Gasteiger partial charge in [-0.25, -0.2) is 4.98 Å². The van der Waals surface area contributed by atoms with E-state index in [9.17, 15) is 4.79 Å². The van der Waals surface area contributed by atoms with E-state index in [-0.39, 0.29) is 5.91 Å². The molecule has 0 saturated heterocycles. The van der Waals surface area contributed by atoms with E-state index in [1.54, 1.807) is 13.1 Å². The van der Waals surface area contributed by atoms with Gasteiger partial charge in [0.2, 0.25) is 0 Å². The van der Waals surface area contributed by atoms with Gasteiger partial charge < -0.3 is 14.6 Å². The lowest BCUT2D eigenvalue weighted by Gasteiger charge is -2.16. The first kappa shape index (κ1) is 19.7. The standard InChI is InChI=1S/C23H27N3O2/c1-16(2)20-6-5-7-22(14-20)28-17(3)23(27)25-21-10-8-19(9-11-21)15-26-13-12-24-18(26)4/h5-14,16-17H,15H2,1-4H3,(H,25,27). The van der Waals surface area contributed by atoms with Crippen LogP contribution in [0.25, 0.3) is 0 Å². The molecule has 28 heavy (non-hydrogen) atoms. The second kappa shape index (κ2) is 8.74. The van der Waals surface area contributed by atoms with Crippen molar-refractivity contribution in [3.05, 3.63) is 77.9 Å². The molecule has 1 aromatic heterocycles. The molecule has 146 valence electrons. The third kappa shape index (κ3) is 5.00. The van der Waals surface area contributed by atoms with Crippen molar-refractivity contribution < 1.29 is 9.53 Å². The van der Waals surface area contributed by atoms with Gasteiger partial charge in [-0.2, -0.15) is 0 Å². The largest absolute Gasteiger partial charge is 0.481 e. The van der Waals surface area contributed by atoms with E-state index in [1.807, 2.05) is 55.6 Å². The number of nitrogens with one attached hydrogen (secondary N) is 1. The zero-order valence-corrected chi connectivity index (χ0v) is 16.8. The summed E-state index contributed by atoms with van der Waals surface area (Å²) in [4.78, 5) is 16.7. The molecule has 2 aromatic carbocycles. The number of aromatic nitrogens is 2. The minimum Gasteiger partial charge on any atom is -0.481 e. The van der Waals surface area contributed by atoms with Crippen LogP contribution in [0.5, 0.6) is 5.75 Å². The predicted octanol–water partition coefficient (Wildman–Crippen LogP) is 4.77. The maximum Gasteiger partial charge on any atom is 0.265 e. The molecule has 3 rings (SSSR count). The SMILES string of the molecule is Cc1nccn1Cc1ccc(NC(=O)C(C)Oc2cccc(C(C)C)c2)cc1. The highest BCUT2D eigenvalue weighted by Gasteiger charge is 2.15. The van der Waals surface area contributed by atoms with Crippen molar-refractivity contribution in [2.24, 2.45) is 0 Å². The molecular weight excluding hydrogens is 350 g/mol. The van der Waals surface area contributed by atoms with Crippen LogP contribution >= 0.6 is 0 Å². The van der Waals surface area contributed by atoms with Gasteiger partial charge in [0.05, 0.1) is 0 Å². The highest BCUT2D eigenvalue weighted by Crippen LogP contribution is 2.21. The van der Waals surface area contributed by atoms with Crippen molar-refractivity contribution in [2.75, 3.05) is 5.32 Å². The van der Waals surface area contributed by atoms with E-state index in [0.717, 1.165) is 23.6 Å². The molecule has 1 heterocycles. The van der Waals surface area contributed by atoms with Crippen molar-refractivity contribution in [2.45, 2.75) is 46.3 Å². The van der Waals surface area contributed by atoms with Gasteiger partial charge in [-0.1, -0.05) is 38.1 Å². The molecule has 0 radical (unpaired) electrons. The summed E-state index contributed by atoms with van der Waals surface area (Å²) in [5.41, 5.74) is 3.09. The van der Waals surface area contributed by atoms with Crippen molar-refractivity contribution in [3.8, 4) is 5.75 Å². The number of hydrogen-bond donors (Lipinski definition) is 1. The minimum atomic E-state index is -0.587. The molecule has 0 aliphatic heterocycles. The second-order valence-electron chi connectivity index (χ2n) is 7.28. The maximum atomic E-state index is 12.5. The summed E-state index contributed by atoms with van der Waals surface area (Å²) >= 11 is 0. The van der Waals surface area contributed by atoms with E-state index in [0.29, 0.717) is 11.7 Å². The average molecular weight is 377 g/mol. The lowest BCUT2D eigenvalue weighted by molar-refractivity contribution is -0.122. The van der Waals surface area contributed by atoms with Crippen molar-refractivity contribution in [3.63, 3.8) is 0 Å². The van der Waals surface area contributed by atoms with Gasteiger partial charge in [-0.05, 0) is 55.2 Å². The molecule has 0 aliphatic rings. The Morgan fingerprint density at radius 3 is 2.54 bits per heavy atom. The predicted molar refractivity (Wildman–Crippen MR) is 112 cm³/mol. The number of nitrogens with zero attached hydrogens (tertiary/aromatic N) is 2. The van der Waals surface area contributed by atoms with Crippen molar-refractivity contribution in [1.29, 1.82) is 0 Å². The number of imidazole rings is 1. The molecule has 1 amide bonds. The Hall–Kier alpha value is -3.08. The lowest BCUT2D eigenvalue weighted by Crippen LogP contribution is -2.30. The minimum absolute atomic E-state index is 0.173. The number of benzene rings is 2. The quantitative estimate of drug-likeness (QED) is 0.645. The van der Waals surface area contributed by atoms with Crippen LogP contribution in [-0.2, 0) is 11.3 Å². The molecule has 0 bridgehead atoms. The first-order valence-corrected chi connectivity index (χ1v) is 9.56. The summed E-state index contributed by atoms with van der Waals surface area (Å²) in [5.74, 6) is 1.93. The van der Waals surface area contributed by atoms with Crippen LogP contribution in [0.4, 0.5) is 5.69 Å². The van der Waals surface area contributed by atoms with E-state index < -0.39 is 6.10 Å². The highest BCUT2D eigenvalue weighted by atomic mass is 16.5. The number of carbonyl (C=O) groups is 1. The summed E-state index contributed by atoms with van der Waals surface area (Å²) < 4.78 is 7.90. The normalized spacial score (nSPS) is 12.0. The molecular formula is C23H27N3O2. The number of aryl methyl sites for hydroxylation is 1. The molecule has 1 atom stereocenters. The molecule has 0 aliphatic carbocycles. The molecule has 1 unspecified atom stereocenters. The molecule has 3 aromatic rings. The summed E-state index contributed by atoms with van der Waals surface area (Å²) in [5, 5.41) is 2.91. The maximum absolute atomic E-state index is 12.5. The smallest absolute Gasteiger partial charge is 0.265 e. The Morgan fingerprint density at radius 2 is 1.89 bits per heavy atom. The van der Waals surface area contributed by atoms with Crippen LogP contribution < -0.4 is 10.1 Å². The van der Waals surface area contributed by atoms with Crippen LogP contribution in [0, 0.1) is 6.92 Å². The number of ether oxygens (including phenoxy) is 1. The van der Waals surface area contributed by atoms with Gasteiger partial charge in [0.1, 0.15) is 11.6 Å². The van der Waals surface area contributed by atoms with E-state index >= 15 is 0 Å². The van der Waals surface area contributed by atoms with Gasteiger partial charge in [-0.15, -0.1) is 0 Å². The molecule has 0 spiro atoms. The van der Waals surface area contributed by atoms with E-state index in [4.69, 9.17) is 4.74 Å². The molecule has 0 saturated carbocycles. The number of anilines is 1. The summed E-state index contributed by atoms with van der Waals surface area (Å²) in [6.07, 6.45) is 3.16. The third-order valence-corrected chi connectivity index (χ3v) is 4.70. The number of rotatable bonds is 7. The fourth-order valence-electron chi connectivity index (χ4n) is 2.91. The zero-order chi connectivity index (χ0) is 20.1. The topological polar surface area (TPSA) is 56.2 Å². The molecule has 5 heteroatoms. The van der Waals surface area contributed by atoms with Crippen LogP contribution in [0.1, 0.15) is 43.6 Å². The first-order chi connectivity index (χ1) is 13.4. The number of hydrogen-bond acceptors (Lipinski definition) is 3. The highest BCUT2D eigenvalue weighted by molar-refractivity contribution is 5.94. The zero-order valence-electron chi connectivity index (χ0n) is 16.8. The first-order valence-electron chi connectivity index (χ1n) is 9.56. The Kier molecular flexibility index (Phi) is 6.14. The van der Waals surface area contributed by atoms with Crippen LogP contribution in [0.15, 0.2) is 60.9 Å². The van der Waals surface area contributed by atoms with Gasteiger partial charge in [0, 0.05) is 24.6 Å². The molecule has 5 nitrogen and oxygen atoms in total. The summed E-state index contributed by atoms with van der Waals surface area (Å²) in [6, 6.07) is 15.7. The Bertz CT molecular complexity index is 929. The third-order valence-electron chi connectivity index (χ3n) is 4.70. The average Bonchev–Trinajstić information content (AvgIpc) is 3.08. The lowest BCUT2D eigenvalue weighted by atomic mass is 10.0. The van der Waals surface area contributed by atoms with Gasteiger partial charge in [0.25, 0.3) is 5.91 Å². The van der Waals surface area contributed by atoms with Crippen LogP contribution in [0.3, 0.4) is 0 Å². The van der Waals surface area contributed by atoms with E-state index in [1.165, 1.54) is 5.56 Å². The van der Waals surface area contributed by atoms with E-state index in [2.05, 4.69) is 34.8 Å². The molecule has 1 N–H and O–H groups in total. The Balaban J connectivity index is 1.58. The van der Waals surface area contributed by atoms with Gasteiger partial charge in [0.15, 0.2) is 6.10 Å². The van der Waals surface area contributed by atoms with Gasteiger partial charge in [-0.3, -0.25) is 4.79 Å². The number of carbonyl (C=O) groups excluding carboxylic acids is 1. The van der Waals surface area contributed by atoms with Crippen molar-refractivity contribution >= 4 is 11.6 Å². The summed E-state index contributed by atoms with van der Waals surface area (Å²) in [6.45, 7) is 8.76. The molecule has 0 fully saturated rings. The fourth-order valence-corrected chi connectivity index (χ4v) is 2.91. The number of amides is 1. The Morgan fingerprint density at radius 1 is 1.14 bits per heavy atom. The summed E-state index contributed by atoms with van der Waals surface area (Å²) in [7, 11) is 0. The monoisotopic (exact) mass is 377 g/mol. The van der Waals surface area contributed by atoms with Crippen LogP contribution in [-0.4, -0.2) is 21.6 Å². The van der Waals surface area contributed by atoms with Crippen LogP contribution in [0.2, 0.25) is 0 Å².